The summed E-state index contributed by atoms with van der Waals surface area (Å²) >= 11 is 0. The standard InChI is InChI=1S/C26H28N6O2/c1-24(4-5-24)31-23(33)19-16-28-21(22-3-2-18-12-17(14-27)15-29-32(18)22)13-20(19)30-25-6-9-26(34,10-7-25)11-8-25/h2-3,12-13,15-16,34H,4-11H2,1H3,(H,28,30)(H,31,33). The summed E-state index contributed by atoms with van der Waals surface area (Å²) in [6.45, 7) is 2.06. The van der Waals surface area contributed by atoms with Gasteiger partial charge in [0.05, 0.1) is 45.5 Å². The number of rotatable bonds is 5. The lowest BCUT2D eigenvalue weighted by Gasteiger charge is -2.51. The lowest BCUT2D eigenvalue weighted by atomic mass is 9.63. The number of carbonyl (C=O) groups excluding carboxylic acids is 1. The smallest absolute Gasteiger partial charge is 0.255 e. The zero-order chi connectivity index (χ0) is 23.6. The number of aromatic nitrogens is 3. The normalized spacial score (nSPS) is 26.7. The van der Waals surface area contributed by atoms with Crippen molar-refractivity contribution in [3.8, 4) is 17.5 Å². The number of hydrogen-bond donors (Lipinski definition) is 3. The molecule has 0 saturated heterocycles. The molecule has 8 heteroatoms. The van der Waals surface area contributed by atoms with Crippen LogP contribution in [0.25, 0.3) is 16.9 Å². The van der Waals surface area contributed by atoms with Crippen LogP contribution in [0, 0.1) is 11.3 Å². The Morgan fingerprint density at radius 3 is 2.50 bits per heavy atom. The van der Waals surface area contributed by atoms with Crippen LogP contribution in [-0.2, 0) is 0 Å². The highest BCUT2D eigenvalue weighted by molar-refractivity contribution is 6.00. The van der Waals surface area contributed by atoms with Crippen molar-refractivity contribution in [1.82, 2.24) is 19.9 Å². The van der Waals surface area contributed by atoms with Gasteiger partial charge in [-0.2, -0.15) is 10.4 Å². The minimum Gasteiger partial charge on any atom is -0.390 e. The third kappa shape index (κ3) is 3.61. The van der Waals surface area contributed by atoms with E-state index in [9.17, 15) is 15.2 Å². The Morgan fingerprint density at radius 2 is 1.82 bits per heavy atom. The molecule has 3 N–H and O–H groups in total. The molecule has 3 aromatic rings. The van der Waals surface area contributed by atoms with Crippen LogP contribution in [-0.4, -0.2) is 42.3 Å². The van der Waals surface area contributed by atoms with Crippen LogP contribution in [0.4, 0.5) is 5.69 Å². The first-order valence-corrected chi connectivity index (χ1v) is 12.0. The fourth-order valence-electron chi connectivity index (χ4n) is 5.43. The van der Waals surface area contributed by atoms with E-state index in [0.29, 0.717) is 16.8 Å². The summed E-state index contributed by atoms with van der Waals surface area (Å²) < 4.78 is 1.76. The molecule has 3 heterocycles. The maximum atomic E-state index is 13.2. The van der Waals surface area contributed by atoms with Crippen LogP contribution < -0.4 is 10.6 Å². The van der Waals surface area contributed by atoms with Crippen molar-refractivity contribution in [2.24, 2.45) is 0 Å². The molecular weight excluding hydrogens is 428 g/mol. The van der Waals surface area contributed by atoms with Crippen LogP contribution in [0.3, 0.4) is 0 Å². The van der Waals surface area contributed by atoms with Gasteiger partial charge in [-0.15, -0.1) is 0 Å². The Morgan fingerprint density at radius 1 is 1.09 bits per heavy atom. The van der Waals surface area contributed by atoms with Crippen LogP contribution >= 0.6 is 0 Å². The van der Waals surface area contributed by atoms with Gasteiger partial charge in [0.2, 0.25) is 0 Å². The molecule has 2 bridgehead atoms. The number of aliphatic hydroxyl groups is 1. The second-order valence-electron chi connectivity index (χ2n) is 10.7. The Balaban J connectivity index is 1.39. The summed E-state index contributed by atoms with van der Waals surface area (Å²) in [4.78, 5) is 17.9. The summed E-state index contributed by atoms with van der Waals surface area (Å²) in [7, 11) is 0. The van der Waals surface area contributed by atoms with E-state index in [1.165, 1.54) is 6.20 Å². The predicted molar refractivity (Wildman–Crippen MR) is 127 cm³/mol. The van der Waals surface area contributed by atoms with Crippen molar-refractivity contribution >= 4 is 17.1 Å². The molecular formula is C26H28N6O2. The number of nitrogens with one attached hydrogen (secondary N) is 2. The Labute approximate surface area is 198 Å². The maximum Gasteiger partial charge on any atom is 0.255 e. The second-order valence-corrected chi connectivity index (χ2v) is 10.7. The highest BCUT2D eigenvalue weighted by Gasteiger charge is 2.48. The van der Waals surface area contributed by atoms with Crippen molar-refractivity contribution in [3.05, 3.63) is 47.8 Å². The van der Waals surface area contributed by atoms with Gasteiger partial charge in [0.15, 0.2) is 0 Å². The number of anilines is 1. The summed E-state index contributed by atoms with van der Waals surface area (Å²) in [6.07, 6.45) is 10.2. The third-order valence-corrected chi connectivity index (χ3v) is 8.06. The third-order valence-electron chi connectivity index (χ3n) is 8.06. The second kappa shape index (κ2) is 7.28. The molecule has 0 aromatic carbocycles. The Bertz CT molecular complexity index is 1320. The number of fused-ring (bicyclic) bond motifs is 4. The molecule has 3 aromatic heterocycles. The molecule has 1 amide bonds. The first-order valence-electron chi connectivity index (χ1n) is 12.0. The lowest BCUT2D eigenvalue weighted by molar-refractivity contribution is -0.0580. The monoisotopic (exact) mass is 456 g/mol. The Hall–Kier alpha value is -3.44. The summed E-state index contributed by atoms with van der Waals surface area (Å²) in [6, 6.07) is 9.69. The van der Waals surface area contributed by atoms with Gasteiger partial charge in [0.1, 0.15) is 6.07 Å². The molecule has 8 nitrogen and oxygen atoms in total. The summed E-state index contributed by atoms with van der Waals surface area (Å²) in [5.41, 5.74) is 3.34. The molecule has 4 saturated carbocycles. The molecule has 7 rings (SSSR count). The average Bonchev–Trinajstić information content (AvgIpc) is 3.41. The van der Waals surface area contributed by atoms with E-state index in [0.717, 1.165) is 68.3 Å². The molecule has 34 heavy (non-hydrogen) atoms. The van der Waals surface area contributed by atoms with Crippen LogP contribution in [0.1, 0.15) is 74.2 Å². The number of hydrogen-bond acceptors (Lipinski definition) is 6. The highest BCUT2D eigenvalue weighted by Crippen LogP contribution is 2.48. The van der Waals surface area contributed by atoms with Gasteiger partial charge in [-0.1, -0.05) is 0 Å². The molecule has 174 valence electrons. The molecule has 4 aliphatic carbocycles. The van der Waals surface area contributed by atoms with Crippen molar-refractivity contribution in [2.75, 3.05) is 5.32 Å². The van der Waals surface area contributed by atoms with E-state index in [4.69, 9.17) is 0 Å². The zero-order valence-corrected chi connectivity index (χ0v) is 19.3. The predicted octanol–water partition coefficient (Wildman–Crippen LogP) is 3.80. The molecule has 0 unspecified atom stereocenters. The van der Waals surface area contributed by atoms with E-state index >= 15 is 0 Å². The minimum absolute atomic E-state index is 0.113. The van der Waals surface area contributed by atoms with Gasteiger partial charge in [-0.3, -0.25) is 9.78 Å². The van der Waals surface area contributed by atoms with Crippen LogP contribution in [0.15, 0.2) is 36.7 Å². The average molecular weight is 457 g/mol. The maximum absolute atomic E-state index is 13.2. The molecule has 4 aliphatic rings. The van der Waals surface area contributed by atoms with Crippen molar-refractivity contribution in [3.63, 3.8) is 0 Å². The molecule has 0 atom stereocenters. The molecule has 0 spiro atoms. The quantitative estimate of drug-likeness (QED) is 0.538. The Kier molecular flexibility index (Phi) is 4.52. The first kappa shape index (κ1) is 21.1. The van der Waals surface area contributed by atoms with E-state index in [-0.39, 0.29) is 17.0 Å². The fourth-order valence-corrected chi connectivity index (χ4v) is 5.43. The lowest BCUT2D eigenvalue weighted by Crippen LogP contribution is -2.54. The van der Waals surface area contributed by atoms with E-state index in [1.807, 2.05) is 18.2 Å². The van der Waals surface area contributed by atoms with Gasteiger partial charge in [-0.25, -0.2) is 4.52 Å². The van der Waals surface area contributed by atoms with Crippen molar-refractivity contribution in [1.29, 1.82) is 5.26 Å². The van der Waals surface area contributed by atoms with Gasteiger partial charge in [0, 0.05) is 17.3 Å². The number of pyridine rings is 1. The number of carbonyl (C=O) groups is 1. The van der Waals surface area contributed by atoms with Crippen molar-refractivity contribution in [2.45, 2.75) is 75.0 Å². The fraction of sp³-hybridized carbons (Fsp3) is 0.462. The molecule has 0 radical (unpaired) electrons. The van der Waals surface area contributed by atoms with Crippen LogP contribution in [0.2, 0.25) is 0 Å². The minimum atomic E-state index is -0.521. The number of nitrogens with zero attached hydrogens (tertiary/aromatic N) is 4. The van der Waals surface area contributed by atoms with Gasteiger partial charge < -0.3 is 15.7 Å². The zero-order valence-electron chi connectivity index (χ0n) is 19.3. The topological polar surface area (TPSA) is 115 Å². The SMILES string of the molecule is CC1(NC(=O)c2cnc(-c3ccc4cc(C#N)cnn34)cc2NC23CCC(O)(CC2)CC3)CC1. The summed E-state index contributed by atoms with van der Waals surface area (Å²) in [5.74, 6) is -0.113. The largest absolute Gasteiger partial charge is 0.390 e. The van der Waals surface area contributed by atoms with Gasteiger partial charge in [-0.05, 0) is 82.6 Å². The van der Waals surface area contributed by atoms with E-state index < -0.39 is 5.60 Å². The molecule has 0 aliphatic heterocycles. The van der Waals surface area contributed by atoms with Crippen molar-refractivity contribution < 1.29 is 9.90 Å². The summed E-state index contributed by atoms with van der Waals surface area (Å²) in [5, 5.41) is 31.1. The van der Waals surface area contributed by atoms with E-state index in [2.05, 4.69) is 33.7 Å². The first-order chi connectivity index (χ1) is 16.3. The van der Waals surface area contributed by atoms with Gasteiger partial charge in [0.25, 0.3) is 5.91 Å². The number of amides is 1. The van der Waals surface area contributed by atoms with Gasteiger partial charge >= 0.3 is 0 Å². The highest BCUT2D eigenvalue weighted by atomic mass is 16.3. The molecule has 4 fully saturated rings. The number of nitriles is 1. The van der Waals surface area contributed by atoms with E-state index in [1.54, 1.807) is 16.8 Å². The van der Waals surface area contributed by atoms with Crippen LogP contribution in [0.5, 0.6) is 0 Å².